The molecule has 0 N–H and O–H groups in total. The maximum absolute atomic E-state index is 4.33. The van der Waals surface area contributed by atoms with Gasteiger partial charge in [-0.2, -0.15) is 5.10 Å². The summed E-state index contributed by atoms with van der Waals surface area (Å²) in [6.07, 6.45) is 0. The molecule has 0 spiro atoms. The SMILES string of the molecule is Cc1nn(-c2nncs2)c(C)c1Br. The summed E-state index contributed by atoms with van der Waals surface area (Å²) in [5.74, 6) is 0. The zero-order chi connectivity index (χ0) is 9.42. The quantitative estimate of drug-likeness (QED) is 0.787. The van der Waals surface area contributed by atoms with E-state index in [2.05, 4.69) is 31.2 Å². The van der Waals surface area contributed by atoms with Gasteiger partial charge in [0.15, 0.2) is 0 Å². The van der Waals surface area contributed by atoms with E-state index in [4.69, 9.17) is 0 Å². The lowest BCUT2D eigenvalue weighted by Crippen LogP contribution is -1.98. The van der Waals surface area contributed by atoms with Crippen molar-refractivity contribution in [3.63, 3.8) is 0 Å². The molecular formula is C7H7BrN4S. The van der Waals surface area contributed by atoms with Gasteiger partial charge in [0.2, 0.25) is 5.13 Å². The van der Waals surface area contributed by atoms with Gasteiger partial charge in [0.05, 0.1) is 15.9 Å². The van der Waals surface area contributed by atoms with Crippen molar-refractivity contribution in [1.29, 1.82) is 0 Å². The summed E-state index contributed by atoms with van der Waals surface area (Å²) < 4.78 is 2.82. The summed E-state index contributed by atoms with van der Waals surface area (Å²) in [6, 6.07) is 0. The average Bonchev–Trinajstić information content (AvgIpc) is 2.70. The highest BCUT2D eigenvalue weighted by atomic mass is 79.9. The molecule has 0 saturated carbocycles. The predicted molar refractivity (Wildman–Crippen MR) is 54.2 cm³/mol. The van der Waals surface area contributed by atoms with Gasteiger partial charge in [0, 0.05) is 0 Å². The highest BCUT2D eigenvalue weighted by Gasteiger charge is 2.11. The molecule has 0 radical (unpaired) electrons. The lowest BCUT2D eigenvalue weighted by molar-refractivity contribution is 0.808. The second-order valence-electron chi connectivity index (χ2n) is 2.62. The Labute approximate surface area is 87.7 Å². The number of halogens is 1. The Hall–Kier alpha value is -0.750. The van der Waals surface area contributed by atoms with Crippen LogP contribution in [0.3, 0.4) is 0 Å². The van der Waals surface area contributed by atoms with Crippen LogP contribution in [0.1, 0.15) is 11.4 Å². The van der Waals surface area contributed by atoms with E-state index in [0.29, 0.717) is 0 Å². The minimum Gasteiger partial charge on any atom is -0.208 e. The van der Waals surface area contributed by atoms with Crippen molar-refractivity contribution < 1.29 is 0 Å². The zero-order valence-electron chi connectivity index (χ0n) is 7.15. The number of aromatic nitrogens is 4. The predicted octanol–water partition coefficient (Wildman–Crippen LogP) is 2.10. The van der Waals surface area contributed by atoms with Gasteiger partial charge in [-0.15, -0.1) is 10.2 Å². The fourth-order valence-corrected chi connectivity index (χ4v) is 1.88. The summed E-state index contributed by atoms with van der Waals surface area (Å²) in [4.78, 5) is 0. The first-order chi connectivity index (χ1) is 6.20. The first-order valence-electron chi connectivity index (χ1n) is 3.68. The van der Waals surface area contributed by atoms with Crippen LogP contribution in [0.2, 0.25) is 0 Å². The maximum Gasteiger partial charge on any atom is 0.232 e. The minimum absolute atomic E-state index is 0.798. The molecule has 0 fully saturated rings. The van der Waals surface area contributed by atoms with Crippen molar-refractivity contribution in [2.75, 3.05) is 0 Å². The van der Waals surface area contributed by atoms with E-state index < -0.39 is 0 Å². The summed E-state index contributed by atoms with van der Waals surface area (Å²) in [6.45, 7) is 3.94. The van der Waals surface area contributed by atoms with E-state index in [9.17, 15) is 0 Å². The molecule has 0 aliphatic heterocycles. The van der Waals surface area contributed by atoms with E-state index in [1.807, 2.05) is 13.8 Å². The normalized spacial score (nSPS) is 10.7. The van der Waals surface area contributed by atoms with Crippen LogP contribution in [0.5, 0.6) is 0 Å². The highest BCUT2D eigenvalue weighted by Crippen LogP contribution is 2.22. The Kier molecular flexibility index (Phi) is 2.17. The standard InChI is InChI=1S/C7H7BrN4S/c1-4-6(8)5(2)12(11-4)7-10-9-3-13-7/h3H,1-2H3. The molecule has 68 valence electrons. The van der Waals surface area contributed by atoms with Crippen LogP contribution in [0, 0.1) is 13.8 Å². The molecule has 0 atom stereocenters. The Morgan fingerprint density at radius 1 is 1.46 bits per heavy atom. The Morgan fingerprint density at radius 3 is 2.69 bits per heavy atom. The molecular weight excluding hydrogens is 252 g/mol. The molecule has 2 heterocycles. The lowest BCUT2D eigenvalue weighted by Gasteiger charge is -1.95. The van der Waals surface area contributed by atoms with Gasteiger partial charge >= 0.3 is 0 Å². The van der Waals surface area contributed by atoms with Crippen molar-refractivity contribution >= 4 is 27.3 Å². The molecule has 2 rings (SSSR count). The summed E-state index contributed by atoms with van der Waals surface area (Å²) in [5.41, 5.74) is 3.71. The Balaban J connectivity index is 2.59. The Morgan fingerprint density at radius 2 is 2.23 bits per heavy atom. The highest BCUT2D eigenvalue weighted by molar-refractivity contribution is 9.10. The van der Waals surface area contributed by atoms with Gasteiger partial charge in [-0.3, -0.25) is 0 Å². The van der Waals surface area contributed by atoms with Crippen molar-refractivity contribution in [2.24, 2.45) is 0 Å². The second-order valence-corrected chi connectivity index (χ2v) is 4.22. The third-order valence-electron chi connectivity index (χ3n) is 1.73. The second kappa shape index (κ2) is 3.19. The maximum atomic E-state index is 4.33. The third-order valence-corrected chi connectivity index (χ3v) is 3.55. The molecule has 6 heteroatoms. The van der Waals surface area contributed by atoms with Gasteiger partial charge in [0.1, 0.15) is 5.51 Å². The zero-order valence-corrected chi connectivity index (χ0v) is 9.55. The summed E-state index contributed by atoms with van der Waals surface area (Å²) in [5, 5.41) is 12.8. The van der Waals surface area contributed by atoms with Crippen LogP contribution in [-0.2, 0) is 0 Å². The van der Waals surface area contributed by atoms with E-state index >= 15 is 0 Å². The summed E-state index contributed by atoms with van der Waals surface area (Å²) >= 11 is 4.93. The molecule has 2 aromatic rings. The summed E-state index contributed by atoms with van der Waals surface area (Å²) in [7, 11) is 0. The Bertz CT molecular complexity index is 420. The smallest absolute Gasteiger partial charge is 0.208 e. The first-order valence-corrected chi connectivity index (χ1v) is 5.35. The number of aryl methyl sites for hydroxylation is 1. The first kappa shape index (κ1) is 8.83. The largest absolute Gasteiger partial charge is 0.232 e. The fourth-order valence-electron chi connectivity index (χ4n) is 1.07. The molecule has 13 heavy (non-hydrogen) atoms. The van der Waals surface area contributed by atoms with E-state index in [0.717, 1.165) is 21.0 Å². The van der Waals surface area contributed by atoms with Crippen molar-refractivity contribution in [2.45, 2.75) is 13.8 Å². The van der Waals surface area contributed by atoms with Gasteiger partial charge in [-0.05, 0) is 29.8 Å². The topological polar surface area (TPSA) is 43.6 Å². The van der Waals surface area contributed by atoms with E-state index in [1.165, 1.54) is 11.3 Å². The molecule has 0 amide bonds. The van der Waals surface area contributed by atoms with Crippen molar-refractivity contribution in [3.8, 4) is 5.13 Å². The number of rotatable bonds is 1. The average molecular weight is 259 g/mol. The molecule has 4 nitrogen and oxygen atoms in total. The molecule has 0 aliphatic rings. The van der Waals surface area contributed by atoms with Crippen LogP contribution in [0.25, 0.3) is 5.13 Å². The van der Waals surface area contributed by atoms with Crippen LogP contribution in [0.4, 0.5) is 0 Å². The lowest BCUT2D eigenvalue weighted by atomic mass is 10.4. The molecule has 0 bridgehead atoms. The fraction of sp³-hybridized carbons (Fsp3) is 0.286. The van der Waals surface area contributed by atoms with Crippen molar-refractivity contribution in [3.05, 3.63) is 21.4 Å². The molecule has 0 unspecified atom stereocenters. The van der Waals surface area contributed by atoms with Crippen LogP contribution in [0.15, 0.2) is 9.98 Å². The van der Waals surface area contributed by atoms with Gasteiger partial charge in [-0.25, -0.2) is 4.68 Å². The third kappa shape index (κ3) is 1.40. The van der Waals surface area contributed by atoms with Gasteiger partial charge in [0.25, 0.3) is 0 Å². The monoisotopic (exact) mass is 258 g/mol. The minimum atomic E-state index is 0.798. The van der Waals surface area contributed by atoms with Gasteiger partial charge in [-0.1, -0.05) is 11.3 Å². The number of nitrogens with zero attached hydrogens (tertiary/aromatic N) is 4. The van der Waals surface area contributed by atoms with Crippen LogP contribution in [-0.4, -0.2) is 20.0 Å². The molecule has 0 aliphatic carbocycles. The number of hydrogen-bond donors (Lipinski definition) is 0. The van der Waals surface area contributed by atoms with Gasteiger partial charge < -0.3 is 0 Å². The van der Waals surface area contributed by atoms with E-state index in [1.54, 1.807) is 10.2 Å². The van der Waals surface area contributed by atoms with E-state index in [-0.39, 0.29) is 0 Å². The molecule has 0 saturated heterocycles. The van der Waals surface area contributed by atoms with Crippen LogP contribution < -0.4 is 0 Å². The molecule has 0 aromatic carbocycles. The number of hydrogen-bond acceptors (Lipinski definition) is 4. The van der Waals surface area contributed by atoms with Crippen molar-refractivity contribution in [1.82, 2.24) is 20.0 Å². The molecule has 2 aromatic heterocycles. The van der Waals surface area contributed by atoms with Crippen LogP contribution >= 0.6 is 27.3 Å².